The first-order chi connectivity index (χ1) is 15.4. The van der Waals surface area contributed by atoms with E-state index in [-0.39, 0.29) is 5.91 Å². The van der Waals surface area contributed by atoms with Gasteiger partial charge < -0.3 is 15.6 Å². The number of nitrogens with two attached hydrogens (primary N) is 1. The van der Waals surface area contributed by atoms with E-state index in [9.17, 15) is 4.79 Å². The first kappa shape index (κ1) is 20.0. The number of nitrogens with one attached hydrogen (secondary N) is 1. The summed E-state index contributed by atoms with van der Waals surface area (Å²) >= 11 is 1.72. The summed E-state index contributed by atoms with van der Waals surface area (Å²) < 4.78 is 3.26. The number of aromatic nitrogens is 3. The zero-order valence-electron chi connectivity index (χ0n) is 17.7. The molecular formula is C25H21N5OS. The molecule has 0 aliphatic heterocycles. The highest BCUT2D eigenvalue weighted by Gasteiger charge is 2.23. The van der Waals surface area contributed by atoms with Gasteiger partial charge in [0, 0.05) is 33.4 Å². The molecule has 158 valence electrons. The van der Waals surface area contributed by atoms with Crippen molar-refractivity contribution in [2.24, 2.45) is 7.05 Å². The van der Waals surface area contributed by atoms with Gasteiger partial charge >= 0.3 is 0 Å². The van der Waals surface area contributed by atoms with Gasteiger partial charge in [0.2, 0.25) is 0 Å². The van der Waals surface area contributed by atoms with Crippen LogP contribution in [-0.2, 0) is 11.8 Å². The monoisotopic (exact) mass is 439 g/mol. The lowest BCUT2D eigenvalue weighted by Crippen LogP contribution is -2.11. The Balaban J connectivity index is 1.72. The number of hydrogen-bond acceptors (Lipinski definition) is 5. The largest absolute Gasteiger partial charge is 0.383 e. The average molecular weight is 440 g/mol. The number of amides is 1. The van der Waals surface area contributed by atoms with Gasteiger partial charge in [0.25, 0.3) is 5.91 Å². The van der Waals surface area contributed by atoms with E-state index in [1.165, 1.54) is 16.4 Å². The zero-order valence-corrected chi connectivity index (χ0v) is 18.5. The molecule has 0 atom stereocenters. The lowest BCUT2D eigenvalue weighted by Gasteiger charge is -2.09. The van der Waals surface area contributed by atoms with Crippen LogP contribution in [0.1, 0.15) is 6.92 Å². The minimum atomic E-state index is -0.198. The van der Waals surface area contributed by atoms with Gasteiger partial charge in [-0.3, -0.25) is 4.79 Å². The number of nitrogen functional groups attached to an aromatic ring is 1. The second-order valence-corrected chi connectivity index (χ2v) is 8.78. The van der Waals surface area contributed by atoms with Gasteiger partial charge in [-0.15, -0.1) is 11.3 Å². The van der Waals surface area contributed by atoms with Crippen LogP contribution in [0, 0.1) is 0 Å². The van der Waals surface area contributed by atoms with Gasteiger partial charge in [0.05, 0.1) is 11.1 Å². The van der Waals surface area contributed by atoms with Crippen LogP contribution >= 0.6 is 11.3 Å². The van der Waals surface area contributed by atoms with Crippen LogP contribution in [-0.4, -0.2) is 20.4 Å². The summed E-state index contributed by atoms with van der Waals surface area (Å²) in [6.45, 7) is 5.37. The van der Waals surface area contributed by atoms with Gasteiger partial charge in [-0.05, 0) is 42.1 Å². The van der Waals surface area contributed by atoms with E-state index < -0.39 is 0 Å². The summed E-state index contributed by atoms with van der Waals surface area (Å²) in [5, 5.41) is 4.88. The number of benzene rings is 2. The summed E-state index contributed by atoms with van der Waals surface area (Å²) in [4.78, 5) is 21.8. The second kappa shape index (κ2) is 7.62. The number of hydrogen-bond donors (Lipinski definition) is 2. The van der Waals surface area contributed by atoms with Crippen molar-refractivity contribution in [1.82, 2.24) is 14.5 Å². The third-order valence-corrected chi connectivity index (χ3v) is 6.61. The Kier molecular flexibility index (Phi) is 4.75. The molecule has 1 amide bonds. The minimum Gasteiger partial charge on any atom is -0.383 e. The summed E-state index contributed by atoms with van der Waals surface area (Å²) in [6.07, 6.45) is 1.49. The predicted octanol–water partition coefficient (Wildman–Crippen LogP) is 5.61. The van der Waals surface area contributed by atoms with E-state index in [1.807, 2.05) is 43.4 Å². The fraction of sp³-hybridized carbons (Fsp3) is 0.0800. The van der Waals surface area contributed by atoms with Crippen molar-refractivity contribution in [1.29, 1.82) is 0 Å². The van der Waals surface area contributed by atoms with Gasteiger partial charge in [0.15, 0.2) is 0 Å². The fourth-order valence-electron chi connectivity index (χ4n) is 3.91. The van der Waals surface area contributed by atoms with Crippen LogP contribution in [0.3, 0.4) is 0 Å². The minimum absolute atomic E-state index is 0.198. The van der Waals surface area contributed by atoms with Crippen LogP contribution in [0.25, 0.3) is 42.8 Å². The Morgan fingerprint density at radius 3 is 2.59 bits per heavy atom. The molecule has 5 rings (SSSR count). The van der Waals surface area contributed by atoms with Crippen LogP contribution in [0.4, 0.5) is 11.5 Å². The van der Waals surface area contributed by atoms with Crippen molar-refractivity contribution >= 4 is 49.9 Å². The molecule has 32 heavy (non-hydrogen) atoms. The molecule has 0 radical (unpaired) electrons. The number of thiophene rings is 1. The highest BCUT2D eigenvalue weighted by Crippen LogP contribution is 2.45. The lowest BCUT2D eigenvalue weighted by molar-refractivity contribution is -0.112. The maximum atomic E-state index is 12.0. The number of carbonyl (C=O) groups is 1. The zero-order chi connectivity index (χ0) is 22.4. The molecule has 3 N–H and O–H groups in total. The fourth-order valence-corrected chi connectivity index (χ4v) is 5.02. The third-order valence-electron chi connectivity index (χ3n) is 5.47. The molecular weight excluding hydrogens is 418 g/mol. The molecule has 3 aromatic heterocycles. The van der Waals surface area contributed by atoms with Crippen molar-refractivity contribution in [3.63, 3.8) is 0 Å². The van der Waals surface area contributed by atoms with E-state index in [0.29, 0.717) is 17.1 Å². The molecule has 0 aliphatic rings. The van der Waals surface area contributed by atoms with E-state index in [0.717, 1.165) is 32.7 Å². The Hall–Kier alpha value is -3.97. The third kappa shape index (κ3) is 3.23. The molecule has 0 fully saturated rings. The Morgan fingerprint density at radius 1 is 1.12 bits per heavy atom. The standard InChI is InChI=1S/C25H21N5OS/c1-14(2)25(31)29-17-10-8-15(9-11-17)22-20(19-12-16-6-4-5-7-18(16)32-19)21-23(26)27-13-28-24(21)30(22)3/h4-13H,1H2,2-3H3,(H,29,31)(H2,26,27,28). The summed E-state index contributed by atoms with van der Waals surface area (Å²) in [5.41, 5.74) is 11.3. The van der Waals surface area contributed by atoms with Crippen molar-refractivity contribution in [2.75, 3.05) is 11.1 Å². The van der Waals surface area contributed by atoms with Crippen LogP contribution in [0.15, 0.2) is 73.1 Å². The van der Waals surface area contributed by atoms with Crippen molar-refractivity contribution in [3.8, 4) is 21.7 Å². The SMILES string of the molecule is C=C(C)C(=O)Nc1ccc(-c2c(-c3cc4ccccc4s3)c3c(N)ncnc3n2C)cc1. The van der Waals surface area contributed by atoms with E-state index in [2.05, 4.69) is 44.6 Å². The first-order valence-corrected chi connectivity index (χ1v) is 10.9. The van der Waals surface area contributed by atoms with Crippen LogP contribution in [0.2, 0.25) is 0 Å². The topological polar surface area (TPSA) is 85.8 Å². The molecule has 0 unspecified atom stereocenters. The summed E-state index contributed by atoms with van der Waals surface area (Å²) in [5.74, 6) is 0.256. The Labute approximate surface area is 189 Å². The number of aryl methyl sites for hydroxylation is 1. The number of carbonyl (C=O) groups excluding carboxylic acids is 1. The number of anilines is 2. The highest BCUT2D eigenvalue weighted by atomic mass is 32.1. The highest BCUT2D eigenvalue weighted by molar-refractivity contribution is 7.22. The molecule has 0 aliphatic carbocycles. The van der Waals surface area contributed by atoms with E-state index in [4.69, 9.17) is 5.73 Å². The predicted molar refractivity (Wildman–Crippen MR) is 133 cm³/mol. The smallest absolute Gasteiger partial charge is 0.250 e. The van der Waals surface area contributed by atoms with Gasteiger partial charge in [-0.1, -0.05) is 36.9 Å². The molecule has 0 spiro atoms. The maximum Gasteiger partial charge on any atom is 0.250 e. The average Bonchev–Trinajstić information content (AvgIpc) is 3.34. The molecule has 0 saturated carbocycles. The normalized spacial score (nSPS) is 11.2. The number of nitrogens with zero attached hydrogens (tertiary/aromatic N) is 3. The Bertz CT molecular complexity index is 1480. The second-order valence-electron chi connectivity index (χ2n) is 7.70. The Morgan fingerprint density at radius 2 is 1.88 bits per heavy atom. The molecule has 6 nitrogen and oxygen atoms in total. The number of rotatable bonds is 4. The molecule has 7 heteroatoms. The molecule has 2 aromatic carbocycles. The first-order valence-electron chi connectivity index (χ1n) is 10.1. The summed E-state index contributed by atoms with van der Waals surface area (Å²) in [6, 6.07) is 18.2. The lowest BCUT2D eigenvalue weighted by atomic mass is 10.0. The number of fused-ring (bicyclic) bond motifs is 2. The van der Waals surface area contributed by atoms with Crippen LogP contribution in [0.5, 0.6) is 0 Å². The molecule has 3 heterocycles. The van der Waals surface area contributed by atoms with Gasteiger partial charge in [0.1, 0.15) is 17.8 Å². The van der Waals surface area contributed by atoms with Crippen LogP contribution < -0.4 is 11.1 Å². The molecule has 0 saturated heterocycles. The van der Waals surface area contributed by atoms with Gasteiger partial charge in [-0.2, -0.15) is 0 Å². The van der Waals surface area contributed by atoms with Crippen molar-refractivity contribution in [2.45, 2.75) is 6.92 Å². The molecule has 5 aromatic rings. The van der Waals surface area contributed by atoms with Crippen molar-refractivity contribution < 1.29 is 4.79 Å². The maximum absolute atomic E-state index is 12.0. The van der Waals surface area contributed by atoms with E-state index in [1.54, 1.807) is 18.3 Å². The van der Waals surface area contributed by atoms with Crippen molar-refractivity contribution in [3.05, 3.63) is 73.1 Å². The summed E-state index contributed by atoms with van der Waals surface area (Å²) in [7, 11) is 1.98. The molecule has 0 bridgehead atoms. The van der Waals surface area contributed by atoms with E-state index >= 15 is 0 Å². The van der Waals surface area contributed by atoms with Gasteiger partial charge in [-0.25, -0.2) is 9.97 Å². The quantitative estimate of drug-likeness (QED) is 0.356.